The van der Waals surface area contributed by atoms with Crippen LogP contribution in [0.15, 0.2) is 0 Å². The standard InChI is InChI=1S/C15H28N2O/c1-17(14-6-8-18-9-7-14)11-13-10-12-4-2-3-5-15(12)16-13/h12-16H,2-11H2,1H3. The molecule has 2 heterocycles. The van der Waals surface area contributed by atoms with Gasteiger partial charge in [-0.25, -0.2) is 0 Å². The summed E-state index contributed by atoms with van der Waals surface area (Å²) in [6.45, 7) is 3.15. The van der Waals surface area contributed by atoms with Crippen molar-refractivity contribution >= 4 is 0 Å². The molecule has 3 nitrogen and oxygen atoms in total. The van der Waals surface area contributed by atoms with Crippen molar-refractivity contribution in [3.8, 4) is 0 Å². The Balaban J connectivity index is 1.47. The number of rotatable bonds is 3. The lowest BCUT2D eigenvalue weighted by Gasteiger charge is -2.33. The maximum absolute atomic E-state index is 5.45. The van der Waals surface area contributed by atoms with Crippen molar-refractivity contribution < 1.29 is 4.74 Å². The molecular weight excluding hydrogens is 224 g/mol. The molecule has 0 radical (unpaired) electrons. The van der Waals surface area contributed by atoms with Crippen LogP contribution in [0.2, 0.25) is 0 Å². The summed E-state index contributed by atoms with van der Waals surface area (Å²) < 4.78 is 5.45. The van der Waals surface area contributed by atoms with E-state index < -0.39 is 0 Å². The normalized spacial score (nSPS) is 38.0. The first-order valence-corrected chi connectivity index (χ1v) is 7.87. The summed E-state index contributed by atoms with van der Waals surface area (Å²) in [4.78, 5) is 2.58. The molecule has 1 saturated carbocycles. The molecular formula is C15H28N2O. The summed E-state index contributed by atoms with van der Waals surface area (Å²) in [5, 5.41) is 3.89. The van der Waals surface area contributed by atoms with E-state index >= 15 is 0 Å². The van der Waals surface area contributed by atoms with Crippen molar-refractivity contribution in [2.45, 2.75) is 63.1 Å². The molecule has 2 saturated heterocycles. The third-order valence-electron chi connectivity index (χ3n) is 5.27. The van der Waals surface area contributed by atoms with Gasteiger partial charge in [-0.3, -0.25) is 0 Å². The van der Waals surface area contributed by atoms with Crippen LogP contribution in [-0.4, -0.2) is 49.8 Å². The molecule has 3 unspecified atom stereocenters. The molecule has 3 atom stereocenters. The predicted octanol–water partition coefficient (Wildman–Crippen LogP) is 2.02. The third kappa shape index (κ3) is 2.89. The van der Waals surface area contributed by atoms with Crippen molar-refractivity contribution in [3.05, 3.63) is 0 Å². The van der Waals surface area contributed by atoms with Crippen LogP contribution < -0.4 is 5.32 Å². The summed E-state index contributed by atoms with van der Waals surface area (Å²) in [5.74, 6) is 0.979. The Morgan fingerprint density at radius 2 is 1.89 bits per heavy atom. The largest absolute Gasteiger partial charge is 0.381 e. The molecule has 3 rings (SSSR count). The van der Waals surface area contributed by atoms with Crippen LogP contribution in [0, 0.1) is 5.92 Å². The molecule has 1 aliphatic carbocycles. The lowest BCUT2D eigenvalue weighted by atomic mass is 9.85. The maximum Gasteiger partial charge on any atom is 0.0480 e. The Kier molecular flexibility index (Phi) is 4.22. The van der Waals surface area contributed by atoms with Gasteiger partial charge in [0, 0.05) is 37.9 Å². The number of nitrogens with one attached hydrogen (secondary N) is 1. The van der Waals surface area contributed by atoms with E-state index in [9.17, 15) is 0 Å². The number of hydrogen-bond acceptors (Lipinski definition) is 3. The summed E-state index contributed by atoms with van der Waals surface area (Å²) in [6.07, 6.45) is 9.64. The monoisotopic (exact) mass is 252 g/mol. The molecule has 3 aliphatic rings. The topological polar surface area (TPSA) is 24.5 Å². The molecule has 104 valence electrons. The lowest BCUT2D eigenvalue weighted by Crippen LogP contribution is -2.44. The Labute approximate surface area is 111 Å². The number of nitrogens with zero attached hydrogens (tertiary/aromatic N) is 1. The molecule has 1 N–H and O–H groups in total. The number of hydrogen-bond donors (Lipinski definition) is 1. The van der Waals surface area contributed by atoms with Gasteiger partial charge in [-0.2, -0.15) is 0 Å². The molecule has 0 aromatic heterocycles. The van der Waals surface area contributed by atoms with Crippen LogP contribution in [0.3, 0.4) is 0 Å². The summed E-state index contributed by atoms with van der Waals surface area (Å²) in [6, 6.07) is 2.33. The van der Waals surface area contributed by atoms with Crippen molar-refractivity contribution in [2.24, 2.45) is 5.92 Å². The number of fused-ring (bicyclic) bond motifs is 1. The van der Waals surface area contributed by atoms with E-state index in [1.165, 1.54) is 51.5 Å². The molecule has 0 aromatic rings. The van der Waals surface area contributed by atoms with Gasteiger partial charge < -0.3 is 15.0 Å². The number of likely N-dealkylation sites (N-methyl/N-ethyl adjacent to an activating group) is 1. The quantitative estimate of drug-likeness (QED) is 0.831. The SMILES string of the molecule is CN(CC1CC2CCCCC2N1)C1CCOCC1. The molecule has 18 heavy (non-hydrogen) atoms. The average molecular weight is 252 g/mol. The van der Waals surface area contributed by atoms with Crippen LogP contribution in [0.1, 0.15) is 44.9 Å². The second-order valence-corrected chi connectivity index (χ2v) is 6.53. The second-order valence-electron chi connectivity index (χ2n) is 6.53. The highest BCUT2D eigenvalue weighted by molar-refractivity contribution is 4.94. The van der Waals surface area contributed by atoms with Gasteiger partial charge in [0.2, 0.25) is 0 Å². The van der Waals surface area contributed by atoms with Crippen molar-refractivity contribution in [1.82, 2.24) is 10.2 Å². The van der Waals surface area contributed by atoms with Crippen LogP contribution in [0.5, 0.6) is 0 Å². The molecule has 3 fully saturated rings. The summed E-state index contributed by atoms with van der Waals surface area (Å²) in [5.41, 5.74) is 0. The maximum atomic E-state index is 5.45. The molecule has 0 bridgehead atoms. The predicted molar refractivity (Wildman–Crippen MR) is 73.8 cm³/mol. The van der Waals surface area contributed by atoms with E-state index in [2.05, 4.69) is 17.3 Å². The summed E-state index contributed by atoms with van der Waals surface area (Å²) >= 11 is 0. The number of ether oxygens (including phenoxy) is 1. The van der Waals surface area contributed by atoms with Crippen LogP contribution in [0.25, 0.3) is 0 Å². The van der Waals surface area contributed by atoms with E-state index in [0.717, 1.165) is 37.3 Å². The van der Waals surface area contributed by atoms with Gasteiger partial charge in [0.1, 0.15) is 0 Å². The van der Waals surface area contributed by atoms with Gasteiger partial charge >= 0.3 is 0 Å². The zero-order chi connectivity index (χ0) is 12.4. The zero-order valence-corrected chi connectivity index (χ0v) is 11.7. The molecule has 3 heteroatoms. The van der Waals surface area contributed by atoms with E-state index in [-0.39, 0.29) is 0 Å². The fourth-order valence-electron chi connectivity index (χ4n) is 4.20. The molecule has 0 amide bonds. The smallest absolute Gasteiger partial charge is 0.0480 e. The lowest BCUT2D eigenvalue weighted by molar-refractivity contribution is 0.0406. The van der Waals surface area contributed by atoms with E-state index in [4.69, 9.17) is 4.74 Å². The highest BCUT2D eigenvalue weighted by Crippen LogP contribution is 2.33. The highest BCUT2D eigenvalue weighted by atomic mass is 16.5. The minimum Gasteiger partial charge on any atom is -0.381 e. The van der Waals surface area contributed by atoms with Gasteiger partial charge in [-0.15, -0.1) is 0 Å². The fourth-order valence-corrected chi connectivity index (χ4v) is 4.20. The van der Waals surface area contributed by atoms with Gasteiger partial charge in [0.05, 0.1) is 0 Å². The Bertz CT molecular complexity index is 251. The first kappa shape index (κ1) is 12.9. The first-order chi connectivity index (χ1) is 8.83. The summed E-state index contributed by atoms with van der Waals surface area (Å²) in [7, 11) is 2.31. The van der Waals surface area contributed by atoms with Crippen molar-refractivity contribution in [2.75, 3.05) is 26.8 Å². The molecule has 2 aliphatic heterocycles. The fraction of sp³-hybridized carbons (Fsp3) is 1.00. The van der Waals surface area contributed by atoms with Crippen LogP contribution in [0.4, 0.5) is 0 Å². The van der Waals surface area contributed by atoms with Gasteiger partial charge in [-0.05, 0) is 45.1 Å². The Morgan fingerprint density at radius 1 is 1.11 bits per heavy atom. The second kappa shape index (κ2) is 5.89. The highest BCUT2D eigenvalue weighted by Gasteiger charge is 2.35. The van der Waals surface area contributed by atoms with Crippen LogP contribution in [-0.2, 0) is 4.74 Å². The Hall–Kier alpha value is -0.120. The van der Waals surface area contributed by atoms with Gasteiger partial charge in [-0.1, -0.05) is 12.8 Å². The first-order valence-electron chi connectivity index (χ1n) is 7.87. The van der Waals surface area contributed by atoms with E-state index in [0.29, 0.717) is 0 Å². The zero-order valence-electron chi connectivity index (χ0n) is 11.7. The van der Waals surface area contributed by atoms with E-state index in [1.54, 1.807) is 0 Å². The third-order valence-corrected chi connectivity index (χ3v) is 5.27. The molecule has 0 aromatic carbocycles. The van der Waals surface area contributed by atoms with Gasteiger partial charge in [0.25, 0.3) is 0 Å². The minimum absolute atomic E-state index is 0.742. The van der Waals surface area contributed by atoms with E-state index in [1.807, 2.05) is 0 Å². The van der Waals surface area contributed by atoms with Crippen molar-refractivity contribution in [3.63, 3.8) is 0 Å². The van der Waals surface area contributed by atoms with Gasteiger partial charge in [0.15, 0.2) is 0 Å². The van der Waals surface area contributed by atoms with Crippen LogP contribution >= 0.6 is 0 Å². The molecule has 0 spiro atoms. The average Bonchev–Trinajstić information content (AvgIpc) is 2.82. The minimum atomic E-state index is 0.742. The Morgan fingerprint density at radius 3 is 2.67 bits per heavy atom. The van der Waals surface area contributed by atoms with Crippen molar-refractivity contribution in [1.29, 1.82) is 0 Å².